The topological polar surface area (TPSA) is 63.7 Å². The van der Waals surface area contributed by atoms with Gasteiger partial charge in [0.2, 0.25) is 0 Å². The zero-order chi connectivity index (χ0) is 13.1. The SMILES string of the molecule is CCCOc1ccc(-c2nc3nccnc3[nH]2)cc1. The summed E-state index contributed by atoms with van der Waals surface area (Å²) in [5, 5.41) is 0. The number of H-pyrrole nitrogens is 1. The Morgan fingerprint density at radius 3 is 2.63 bits per heavy atom. The molecule has 0 aliphatic heterocycles. The molecule has 0 bridgehead atoms. The van der Waals surface area contributed by atoms with Crippen LogP contribution in [0.15, 0.2) is 36.7 Å². The van der Waals surface area contributed by atoms with Crippen molar-refractivity contribution in [3.8, 4) is 17.1 Å². The van der Waals surface area contributed by atoms with Crippen LogP contribution in [0, 0.1) is 0 Å². The first-order valence-corrected chi connectivity index (χ1v) is 6.27. The van der Waals surface area contributed by atoms with Crippen molar-refractivity contribution < 1.29 is 4.74 Å². The van der Waals surface area contributed by atoms with Gasteiger partial charge in [-0.3, -0.25) is 0 Å². The molecule has 0 amide bonds. The van der Waals surface area contributed by atoms with Crippen molar-refractivity contribution in [2.75, 3.05) is 6.61 Å². The number of rotatable bonds is 4. The Bertz CT molecular complexity index is 642. The summed E-state index contributed by atoms with van der Waals surface area (Å²) < 4.78 is 5.55. The van der Waals surface area contributed by atoms with E-state index in [0.29, 0.717) is 11.3 Å². The molecule has 96 valence electrons. The van der Waals surface area contributed by atoms with E-state index in [1.807, 2.05) is 24.3 Å². The van der Waals surface area contributed by atoms with Crippen LogP contribution in [0.2, 0.25) is 0 Å². The first kappa shape index (κ1) is 11.6. The largest absolute Gasteiger partial charge is 0.494 e. The third-order valence-corrected chi connectivity index (χ3v) is 2.73. The van der Waals surface area contributed by atoms with E-state index in [2.05, 4.69) is 26.9 Å². The summed E-state index contributed by atoms with van der Waals surface area (Å²) in [6.45, 7) is 2.82. The number of ether oxygens (including phenoxy) is 1. The first-order chi connectivity index (χ1) is 9.36. The molecule has 0 saturated carbocycles. The highest BCUT2D eigenvalue weighted by Crippen LogP contribution is 2.21. The van der Waals surface area contributed by atoms with Gasteiger partial charge in [-0.05, 0) is 30.7 Å². The smallest absolute Gasteiger partial charge is 0.197 e. The lowest BCUT2D eigenvalue weighted by Gasteiger charge is -2.04. The third kappa shape index (κ3) is 2.40. The highest BCUT2D eigenvalue weighted by Gasteiger charge is 2.06. The number of imidazole rings is 1. The molecule has 2 heterocycles. The fourth-order valence-corrected chi connectivity index (χ4v) is 1.81. The maximum atomic E-state index is 5.55. The average Bonchev–Trinajstić information content (AvgIpc) is 2.89. The van der Waals surface area contributed by atoms with E-state index >= 15 is 0 Å². The number of nitrogens with one attached hydrogen (secondary N) is 1. The minimum absolute atomic E-state index is 0.629. The van der Waals surface area contributed by atoms with Gasteiger partial charge in [-0.25, -0.2) is 15.0 Å². The Morgan fingerprint density at radius 1 is 1.11 bits per heavy atom. The van der Waals surface area contributed by atoms with Crippen molar-refractivity contribution in [3.63, 3.8) is 0 Å². The Balaban J connectivity index is 1.88. The first-order valence-electron chi connectivity index (χ1n) is 6.27. The van der Waals surface area contributed by atoms with E-state index in [0.717, 1.165) is 30.2 Å². The Morgan fingerprint density at radius 2 is 1.89 bits per heavy atom. The van der Waals surface area contributed by atoms with E-state index in [1.165, 1.54) is 0 Å². The van der Waals surface area contributed by atoms with Crippen molar-refractivity contribution in [2.24, 2.45) is 0 Å². The zero-order valence-corrected chi connectivity index (χ0v) is 10.6. The van der Waals surface area contributed by atoms with Gasteiger partial charge in [-0.2, -0.15) is 0 Å². The molecule has 0 fully saturated rings. The van der Waals surface area contributed by atoms with Crippen LogP contribution in [0.3, 0.4) is 0 Å². The van der Waals surface area contributed by atoms with Crippen LogP contribution in [0.4, 0.5) is 0 Å². The van der Waals surface area contributed by atoms with Gasteiger partial charge in [0.05, 0.1) is 6.61 Å². The lowest BCUT2D eigenvalue weighted by Crippen LogP contribution is -1.94. The monoisotopic (exact) mass is 254 g/mol. The second kappa shape index (κ2) is 5.06. The molecule has 0 aliphatic rings. The van der Waals surface area contributed by atoms with Crippen LogP contribution in [0.1, 0.15) is 13.3 Å². The Hall–Kier alpha value is -2.43. The molecule has 0 unspecified atom stereocenters. The van der Waals surface area contributed by atoms with Gasteiger partial charge >= 0.3 is 0 Å². The molecule has 5 nitrogen and oxygen atoms in total. The highest BCUT2D eigenvalue weighted by molar-refractivity contribution is 5.71. The Kier molecular flexibility index (Phi) is 3.10. The maximum absolute atomic E-state index is 5.55. The summed E-state index contributed by atoms with van der Waals surface area (Å²) in [5.74, 6) is 1.64. The van der Waals surface area contributed by atoms with Gasteiger partial charge in [-0.15, -0.1) is 0 Å². The molecule has 0 saturated heterocycles. The molecule has 0 spiro atoms. The van der Waals surface area contributed by atoms with Crippen molar-refractivity contribution in [3.05, 3.63) is 36.7 Å². The third-order valence-electron chi connectivity index (χ3n) is 2.73. The van der Waals surface area contributed by atoms with Gasteiger partial charge in [0.25, 0.3) is 0 Å². The maximum Gasteiger partial charge on any atom is 0.197 e. The fraction of sp³-hybridized carbons (Fsp3) is 0.214. The van der Waals surface area contributed by atoms with Crippen LogP contribution in [-0.2, 0) is 0 Å². The average molecular weight is 254 g/mol. The number of hydrogen-bond donors (Lipinski definition) is 1. The van der Waals surface area contributed by atoms with E-state index in [4.69, 9.17) is 4.74 Å². The van der Waals surface area contributed by atoms with Gasteiger partial charge in [0, 0.05) is 18.0 Å². The zero-order valence-electron chi connectivity index (χ0n) is 10.6. The lowest BCUT2D eigenvalue weighted by atomic mass is 10.2. The van der Waals surface area contributed by atoms with E-state index in [-0.39, 0.29) is 0 Å². The predicted octanol–water partition coefficient (Wildman–Crippen LogP) is 2.81. The highest BCUT2D eigenvalue weighted by atomic mass is 16.5. The van der Waals surface area contributed by atoms with Gasteiger partial charge < -0.3 is 9.72 Å². The van der Waals surface area contributed by atoms with Crippen molar-refractivity contribution in [1.82, 2.24) is 19.9 Å². The van der Waals surface area contributed by atoms with Crippen LogP contribution < -0.4 is 4.74 Å². The van der Waals surface area contributed by atoms with Gasteiger partial charge in [0.1, 0.15) is 11.6 Å². The molecule has 0 radical (unpaired) electrons. The number of hydrogen-bond acceptors (Lipinski definition) is 4. The minimum atomic E-state index is 0.629. The second-order valence-corrected chi connectivity index (χ2v) is 4.19. The lowest BCUT2D eigenvalue weighted by molar-refractivity contribution is 0.317. The van der Waals surface area contributed by atoms with E-state index < -0.39 is 0 Å². The summed E-state index contributed by atoms with van der Waals surface area (Å²) in [6, 6.07) is 7.84. The van der Waals surface area contributed by atoms with E-state index in [9.17, 15) is 0 Å². The molecule has 2 aromatic heterocycles. The standard InChI is InChI=1S/C14H14N4O/c1-2-9-19-11-5-3-10(4-6-11)12-17-13-14(18-12)16-8-7-15-13/h3-8H,2,9H2,1H3,(H,15,16,17,18). The van der Waals surface area contributed by atoms with Crippen molar-refractivity contribution in [1.29, 1.82) is 0 Å². The van der Waals surface area contributed by atoms with Crippen molar-refractivity contribution in [2.45, 2.75) is 13.3 Å². The normalized spacial score (nSPS) is 10.8. The molecule has 3 aromatic rings. The summed E-state index contributed by atoms with van der Waals surface area (Å²) in [6.07, 6.45) is 4.28. The molecule has 0 atom stereocenters. The molecular weight excluding hydrogens is 240 g/mol. The summed E-state index contributed by atoms with van der Waals surface area (Å²) >= 11 is 0. The molecule has 0 aliphatic carbocycles. The molecule has 19 heavy (non-hydrogen) atoms. The van der Waals surface area contributed by atoms with Gasteiger partial charge in [0.15, 0.2) is 11.3 Å². The molecular formula is C14H14N4O. The number of nitrogens with zero attached hydrogens (tertiary/aromatic N) is 3. The summed E-state index contributed by atoms with van der Waals surface area (Å²) in [4.78, 5) is 15.9. The fourth-order valence-electron chi connectivity index (χ4n) is 1.81. The number of aromatic amines is 1. The Labute approximate surface area is 110 Å². The predicted molar refractivity (Wildman–Crippen MR) is 72.9 cm³/mol. The number of fused-ring (bicyclic) bond motifs is 1. The summed E-state index contributed by atoms with van der Waals surface area (Å²) in [7, 11) is 0. The van der Waals surface area contributed by atoms with Crippen LogP contribution in [0.5, 0.6) is 5.75 Å². The molecule has 3 rings (SSSR count). The second-order valence-electron chi connectivity index (χ2n) is 4.19. The number of benzene rings is 1. The van der Waals surface area contributed by atoms with Crippen LogP contribution >= 0.6 is 0 Å². The summed E-state index contributed by atoms with van der Waals surface area (Å²) in [5.41, 5.74) is 2.32. The molecule has 5 heteroatoms. The quantitative estimate of drug-likeness (QED) is 0.777. The molecule has 1 aromatic carbocycles. The molecule has 1 N–H and O–H groups in total. The van der Waals surface area contributed by atoms with Crippen LogP contribution in [0.25, 0.3) is 22.7 Å². The minimum Gasteiger partial charge on any atom is -0.494 e. The number of aromatic nitrogens is 4. The van der Waals surface area contributed by atoms with E-state index in [1.54, 1.807) is 12.4 Å². The van der Waals surface area contributed by atoms with Gasteiger partial charge in [-0.1, -0.05) is 6.92 Å². The van der Waals surface area contributed by atoms with Crippen molar-refractivity contribution >= 4 is 11.3 Å². The van der Waals surface area contributed by atoms with Crippen LogP contribution in [-0.4, -0.2) is 26.5 Å².